The van der Waals surface area contributed by atoms with Gasteiger partial charge in [0.1, 0.15) is 0 Å². The Labute approximate surface area is 103 Å². The largest absolute Gasteiger partial charge is 0.345 e. The van der Waals surface area contributed by atoms with Gasteiger partial charge in [0.15, 0.2) is 0 Å². The van der Waals surface area contributed by atoms with Crippen molar-refractivity contribution in [3.05, 3.63) is 38.9 Å². The van der Waals surface area contributed by atoms with E-state index in [0.717, 1.165) is 0 Å². The standard InChI is InChI=1S/C11H9ClN2O3/c1-8(15)13-6-2-3-9-7-10(14(16)17)4-5-11(9)12/h4-5,7H,6H2,1H3,(H,13,15). The number of rotatable bonds is 2. The van der Waals surface area contributed by atoms with Crippen LogP contribution in [0.4, 0.5) is 5.69 Å². The summed E-state index contributed by atoms with van der Waals surface area (Å²) in [6, 6.07) is 4.02. The van der Waals surface area contributed by atoms with Crippen LogP contribution in [0.1, 0.15) is 12.5 Å². The van der Waals surface area contributed by atoms with E-state index in [1.165, 1.54) is 25.1 Å². The molecular weight excluding hydrogens is 244 g/mol. The number of halogens is 1. The number of hydrogen-bond acceptors (Lipinski definition) is 3. The third kappa shape index (κ3) is 4.13. The summed E-state index contributed by atoms with van der Waals surface area (Å²) >= 11 is 5.83. The van der Waals surface area contributed by atoms with Crippen molar-refractivity contribution in [3.63, 3.8) is 0 Å². The minimum Gasteiger partial charge on any atom is -0.345 e. The van der Waals surface area contributed by atoms with Crippen LogP contribution in [-0.4, -0.2) is 17.4 Å². The van der Waals surface area contributed by atoms with E-state index < -0.39 is 4.92 Å². The summed E-state index contributed by atoms with van der Waals surface area (Å²) < 4.78 is 0. The molecule has 0 heterocycles. The van der Waals surface area contributed by atoms with E-state index in [9.17, 15) is 14.9 Å². The highest BCUT2D eigenvalue weighted by Gasteiger charge is 2.07. The Morgan fingerprint density at radius 2 is 2.29 bits per heavy atom. The third-order valence-corrected chi connectivity index (χ3v) is 2.14. The van der Waals surface area contributed by atoms with E-state index in [1.807, 2.05) is 0 Å². The van der Waals surface area contributed by atoms with Crippen LogP contribution in [0.3, 0.4) is 0 Å². The monoisotopic (exact) mass is 252 g/mol. The highest BCUT2D eigenvalue weighted by atomic mass is 35.5. The first-order valence-electron chi connectivity index (χ1n) is 4.68. The van der Waals surface area contributed by atoms with Crippen molar-refractivity contribution in [3.8, 4) is 11.8 Å². The van der Waals surface area contributed by atoms with Gasteiger partial charge in [-0.1, -0.05) is 23.4 Å². The third-order valence-electron chi connectivity index (χ3n) is 1.81. The lowest BCUT2D eigenvalue weighted by atomic mass is 10.2. The molecule has 1 aromatic carbocycles. The molecule has 0 saturated heterocycles. The first-order chi connectivity index (χ1) is 8.00. The van der Waals surface area contributed by atoms with Crippen molar-refractivity contribution in [1.82, 2.24) is 5.32 Å². The Morgan fingerprint density at radius 3 is 2.88 bits per heavy atom. The summed E-state index contributed by atoms with van der Waals surface area (Å²) in [6.07, 6.45) is 0. The molecule has 1 rings (SSSR count). The fourth-order valence-corrected chi connectivity index (χ4v) is 1.20. The number of nitro groups is 1. The van der Waals surface area contributed by atoms with E-state index in [-0.39, 0.29) is 18.1 Å². The second-order valence-corrected chi connectivity index (χ2v) is 3.54. The molecule has 0 atom stereocenters. The first kappa shape index (κ1) is 13.0. The second-order valence-electron chi connectivity index (χ2n) is 3.13. The summed E-state index contributed by atoms with van der Waals surface area (Å²) in [5, 5.41) is 13.4. The molecule has 0 unspecified atom stereocenters. The number of hydrogen-bond donors (Lipinski definition) is 1. The lowest BCUT2D eigenvalue weighted by molar-refractivity contribution is -0.384. The molecule has 0 aliphatic rings. The molecule has 0 radical (unpaired) electrons. The highest BCUT2D eigenvalue weighted by Crippen LogP contribution is 2.20. The first-order valence-corrected chi connectivity index (χ1v) is 5.05. The van der Waals surface area contributed by atoms with Gasteiger partial charge in [-0.15, -0.1) is 0 Å². The van der Waals surface area contributed by atoms with E-state index >= 15 is 0 Å². The predicted octanol–water partition coefficient (Wildman–Crippen LogP) is 1.74. The molecule has 0 aliphatic carbocycles. The van der Waals surface area contributed by atoms with E-state index in [2.05, 4.69) is 17.2 Å². The number of nitro benzene ring substituents is 1. The Hall–Kier alpha value is -2.06. The summed E-state index contributed by atoms with van der Waals surface area (Å²) in [5.74, 6) is 5.12. The van der Waals surface area contributed by atoms with Gasteiger partial charge in [-0.2, -0.15) is 0 Å². The summed E-state index contributed by atoms with van der Waals surface area (Å²) in [4.78, 5) is 20.6. The van der Waals surface area contributed by atoms with Crippen LogP contribution < -0.4 is 5.32 Å². The summed E-state index contributed by atoms with van der Waals surface area (Å²) in [7, 11) is 0. The van der Waals surface area contributed by atoms with E-state index in [0.29, 0.717) is 10.6 Å². The average Bonchev–Trinajstić information content (AvgIpc) is 2.25. The molecule has 0 fully saturated rings. The van der Waals surface area contributed by atoms with Crippen LogP contribution in [0.15, 0.2) is 18.2 Å². The second kappa shape index (κ2) is 5.87. The summed E-state index contributed by atoms with van der Waals surface area (Å²) in [6.45, 7) is 1.55. The van der Waals surface area contributed by atoms with Crippen molar-refractivity contribution in [1.29, 1.82) is 0 Å². The van der Waals surface area contributed by atoms with Crippen LogP contribution in [0.2, 0.25) is 5.02 Å². The van der Waals surface area contributed by atoms with Crippen LogP contribution in [0.5, 0.6) is 0 Å². The normalized spacial score (nSPS) is 9.06. The van der Waals surface area contributed by atoms with Crippen molar-refractivity contribution in [2.75, 3.05) is 6.54 Å². The predicted molar refractivity (Wildman–Crippen MR) is 63.7 cm³/mol. The van der Waals surface area contributed by atoms with Crippen LogP contribution in [0, 0.1) is 22.0 Å². The highest BCUT2D eigenvalue weighted by molar-refractivity contribution is 6.31. The summed E-state index contributed by atoms with van der Waals surface area (Å²) in [5.41, 5.74) is 0.296. The quantitative estimate of drug-likeness (QED) is 0.495. The number of carbonyl (C=O) groups excluding carboxylic acids is 1. The van der Waals surface area contributed by atoms with E-state index in [4.69, 9.17) is 11.6 Å². The lowest BCUT2D eigenvalue weighted by Gasteiger charge is -1.96. The number of amides is 1. The molecule has 1 aromatic rings. The molecule has 88 valence electrons. The van der Waals surface area contributed by atoms with Crippen molar-refractivity contribution < 1.29 is 9.72 Å². The van der Waals surface area contributed by atoms with E-state index in [1.54, 1.807) is 0 Å². The van der Waals surface area contributed by atoms with Crippen molar-refractivity contribution in [2.45, 2.75) is 6.92 Å². The fraction of sp³-hybridized carbons (Fsp3) is 0.182. The van der Waals surface area contributed by atoms with Crippen molar-refractivity contribution >= 4 is 23.2 Å². The molecule has 17 heavy (non-hydrogen) atoms. The van der Waals surface area contributed by atoms with Crippen LogP contribution in [-0.2, 0) is 4.79 Å². The van der Waals surface area contributed by atoms with Gasteiger partial charge < -0.3 is 5.32 Å². The Balaban J connectivity index is 2.86. The zero-order valence-corrected chi connectivity index (χ0v) is 9.75. The van der Waals surface area contributed by atoms with Gasteiger partial charge in [-0.05, 0) is 6.07 Å². The molecule has 0 saturated carbocycles. The average molecular weight is 253 g/mol. The maximum Gasteiger partial charge on any atom is 0.270 e. The van der Waals surface area contributed by atoms with Crippen molar-refractivity contribution in [2.24, 2.45) is 0 Å². The maximum absolute atomic E-state index is 10.6. The molecule has 1 amide bonds. The fourth-order valence-electron chi connectivity index (χ4n) is 1.03. The van der Waals surface area contributed by atoms with Gasteiger partial charge >= 0.3 is 0 Å². The zero-order valence-electron chi connectivity index (χ0n) is 8.99. The number of nitrogens with zero attached hydrogens (tertiary/aromatic N) is 1. The van der Waals surface area contributed by atoms with Crippen LogP contribution >= 0.6 is 11.6 Å². The molecule has 1 N–H and O–H groups in total. The lowest BCUT2D eigenvalue weighted by Crippen LogP contribution is -2.19. The Kier molecular flexibility index (Phi) is 4.49. The van der Waals surface area contributed by atoms with Gasteiger partial charge in [-0.3, -0.25) is 14.9 Å². The molecule has 0 bridgehead atoms. The Bertz CT molecular complexity index is 517. The van der Waals surface area contributed by atoms with Gasteiger partial charge in [0.25, 0.3) is 5.69 Å². The zero-order chi connectivity index (χ0) is 12.8. The minimum atomic E-state index is -0.519. The number of carbonyl (C=O) groups is 1. The van der Waals surface area contributed by atoms with Gasteiger partial charge in [0, 0.05) is 19.1 Å². The van der Waals surface area contributed by atoms with Gasteiger partial charge in [0.05, 0.1) is 22.1 Å². The smallest absolute Gasteiger partial charge is 0.270 e. The number of benzene rings is 1. The molecule has 0 spiro atoms. The molecule has 5 nitrogen and oxygen atoms in total. The van der Waals surface area contributed by atoms with Gasteiger partial charge in [0.2, 0.25) is 5.91 Å². The number of non-ortho nitro benzene ring substituents is 1. The van der Waals surface area contributed by atoms with Crippen LogP contribution in [0.25, 0.3) is 0 Å². The SMILES string of the molecule is CC(=O)NCC#Cc1cc([N+](=O)[O-])ccc1Cl. The Morgan fingerprint density at radius 1 is 1.59 bits per heavy atom. The maximum atomic E-state index is 10.6. The molecular formula is C11H9ClN2O3. The number of nitrogens with one attached hydrogen (secondary N) is 1. The molecule has 0 aromatic heterocycles. The topological polar surface area (TPSA) is 72.2 Å². The minimum absolute atomic E-state index is 0.0711. The molecule has 0 aliphatic heterocycles. The molecule has 6 heteroatoms. The van der Waals surface area contributed by atoms with Gasteiger partial charge in [-0.25, -0.2) is 0 Å².